The van der Waals surface area contributed by atoms with Crippen LogP contribution >= 0.6 is 11.6 Å². The van der Waals surface area contributed by atoms with Gasteiger partial charge in [0.25, 0.3) is 5.91 Å². The summed E-state index contributed by atoms with van der Waals surface area (Å²) in [4.78, 5) is 18.8. The number of carbonyl (C=O) groups is 1. The first-order valence-electron chi connectivity index (χ1n) is 8.42. The van der Waals surface area contributed by atoms with Crippen LogP contribution in [-0.2, 0) is 11.3 Å². The highest BCUT2D eigenvalue weighted by molar-refractivity contribution is 6.32. The van der Waals surface area contributed by atoms with Gasteiger partial charge in [-0.3, -0.25) is 9.69 Å². The zero-order valence-corrected chi connectivity index (χ0v) is 15.4. The molecule has 0 radical (unpaired) electrons. The zero-order chi connectivity index (χ0) is 19.2. The molecule has 0 unspecified atom stereocenters. The number of hydrogen-bond donors (Lipinski definition) is 0. The molecule has 1 atom stereocenters. The number of para-hydroxylation sites is 1. The van der Waals surface area contributed by atoms with Crippen LogP contribution in [0.25, 0.3) is 0 Å². The van der Waals surface area contributed by atoms with Gasteiger partial charge in [0.2, 0.25) is 0 Å². The number of halogens is 2. The topological polar surface area (TPSA) is 42.4 Å². The van der Waals surface area contributed by atoms with Crippen molar-refractivity contribution >= 4 is 23.3 Å². The van der Waals surface area contributed by atoms with E-state index in [-0.39, 0.29) is 18.3 Å². The van der Waals surface area contributed by atoms with Gasteiger partial charge in [-0.1, -0.05) is 41.9 Å². The number of hydrogen-bond acceptors (Lipinski definition) is 3. The quantitative estimate of drug-likeness (QED) is 0.608. The maximum Gasteiger partial charge on any atom is 0.269 e. The smallest absolute Gasteiger partial charge is 0.269 e. The summed E-state index contributed by atoms with van der Waals surface area (Å²) in [6.45, 7) is 1.82. The van der Waals surface area contributed by atoms with Crippen molar-refractivity contribution in [3.05, 3.63) is 89.3 Å². The molecule has 3 rings (SSSR count). The van der Waals surface area contributed by atoms with Gasteiger partial charge >= 0.3 is 0 Å². The van der Waals surface area contributed by atoms with Gasteiger partial charge < -0.3 is 4.74 Å². The molecule has 1 aromatic heterocycles. The Morgan fingerprint density at radius 3 is 2.63 bits per heavy atom. The third-order valence-electron chi connectivity index (χ3n) is 3.91. The van der Waals surface area contributed by atoms with Crippen LogP contribution in [0.3, 0.4) is 0 Å². The molecular formula is C21H18ClFN2O2. The molecule has 0 saturated heterocycles. The van der Waals surface area contributed by atoms with Gasteiger partial charge in [-0.25, -0.2) is 9.37 Å². The van der Waals surface area contributed by atoms with Crippen molar-refractivity contribution in [2.45, 2.75) is 19.6 Å². The van der Waals surface area contributed by atoms with E-state index in [0.717, 1.165) is 0 Å². The molecule has 27 heavy (non-hydrogen) atoms. The molecule has 6 heteroatoms. The van der Waals surface area contributed by atoms with Crippen LogP contribution in [0, 0.1) is 5.82 Å². The lowest BCUT2D eigenvalue weighted by molar-refractivity contribution is -0.124. The average molecular weight is 385 g/mol. The predicted octanol–water partition coefficient (Wildman–Crippen LogP) is 4.87. The van der Waals surface area contributed by atoms with E-state index in [9.17, 15) is 9.18 Å². The Hall–Kier alpha value is -2.92. The third kappa shape index (κ3) is 4.83. The Morgan fingerprint density at radius 2 is 1.93 bits per heavy atom. The Kier molecular flexibility index (Phi) is 6.04. The number of aromatic nitrogens is 1. The van der Waals surface area contributed by atoms with Gasteiger partial charge in [0, 0.05) is 6.20 Å². The highest BCUT2D eigenvalue weighted by Gasteiger charge is 2.25. The summed E-state index contributed by atoms with van der Waals surface area (Å²) in [5, 5.41) is 0.423. The molecule has 0 aliphatic heterocycles. The maximum atomic E-state index is 13.6. The van der Waals surface area contributed by atoms with Crippen LogP contribution in [0.1, 0.15) is 12.5 Å². The molecule has 4 nitrogen and oxygen atoms in total. The fourth-order valence-electron chi connectivity index (χ4n) is 2.60. The monoisotopic (exact) mass is 384 g/mol. The van der Waals surface area contributed by atoms with Crippen molar-refractivity contribution in [1.29, 1.82) is 0 Å². The van der Waals surface area contributed by atoms with E-state index in [0.29, 0.717) is 22.2 Å². The highest BCUT2D eigenvalue weighted by atomic mass is 35.5. The summed E-state index contributed by atoms with van der Waals surface area (Å²) in [6, 6.07) is 18.3. The molecule has 0 aliphatic carbocycles. The van der Waals surface area contributed by atoms with Gasteiger partial charge in [-0.2, -0.15) is 0 Å². The van der Waals surface area contributed by atoms with Crippen molar-refractivity contribution in [3.8, 4) is 5.75 Å². The minimum absolute atomic E-state index is 0.170. The van der Waals surface area contributed by atoms with Crippen LogP contribution in [0.15, 0.2) is 72.9 Å². The van der Waals surface area contributed by atoms with E-state index in [1.54, 1.807) is 67.7 Å². The minimum atomic E-state index is -0.805. The zero-order valence-electron chi connectivity index (χ0n) is 14.7. The normalized spacial score (nSPS) is 11.7. The van der Waals surface area contributed by atoms with Gasteiger partial charge in [0.05, 0.1) is 11.6 Å². The van der Waals surface area contributed by atoms with Crippen molar-refractivity contribution < 1.29 is 13.9 Å². The first-order chi connectivity index (χ1) is 13.0. The van der Waals surface area contributed by atoms with Crippen LogP contribution in [0.5, 0.6) is 5.75 Å². The molecule has 0 spiro atoms. The predicted molar refractivity (Wildman–Crippen MR) is 103 cm³/mol. The van der Waals surface area contributed by atoms with Crippen molar-refractivity contribution in [3.63, 3.8) is 0 Å². The van der Waals surface area contributed by atoms with Crippen molar-refractivity contribution in [2.75, 3.05) is 4.90 Å². The number of amides is 1. The Bertz CT molecular complexity index is 921. The molecule has 0 fully saturated rings. The second-order valence-corrected chi connectivity index (χ2v) is 6.34. The summed E-state index contributed by atoms with van der Waals surface area (Å²) in [7, 11) is 0. The molecule has 0 N–H and O–H groups in total. The van der Waals surface area contributed by atoms with E-state index in [1.165, 1.54) is 17.0 Å². The lowest BCUT2D eigenvalue weighted by Crippen LogP contribution is -2.40. The van der Waals surface area contributed by atoms with Crippen molar-refractivity contribution in [1.82, 2.24) is 4.98 Å². The van der Waals surface area contributed by atoms with Crippen molar-refractivity contribution in [2.24, 2.45) is 0 Å². The SMILES string of the molecule is C[C@@H](Oc1ccccc1Cl)C(=O)N(Cc1cccc(F)c1)c1ccccn1. The summed E-state index contributed by atoms with van der Waals surface area (Å²) < 4.78 is 19.3. The molecule has 3 aromatic rings. The van der Waals surface area contributed by atoms with Gasteiger partial charge in [0.15, 0.2) is 6.10 Å². The first-order valence-corrected chi connectivity index (χ1v) is 8.80. The van der Waals surface area contributed by atoms with Crippen LogP contribution in [-0.4, -0.2) is 17.0 Å². The van der Waals surface area contributed by atoms with E-state index < -0.39 is 6.10 Å². The van der Waals surface area contributed by atoms with E-state index in [4.69, 9.17) is 16.3 Å². The number of nitrogens with zero attached hydrogens (tertiary/aromatic N) is 2. The van der Waals surface area contributed by atoms with Gasteiger partial charge in [0.1, 0.15) is 17.4 Å². The molecule has 138 valence electrons. The average Bonchev–Trinajstić information content (AvgIpc) is 2.68. The maximum absolute atomic E-state index is 13.6. The standard InChI is InChI=1S/C21H18ClFN2O2/c1-15(27-19-10-3-2-9-18(19)22)21(26)25(20-11-4-5-12-24-20)14-16-7-6-8-17(23)13-16/h2-13,15H,14H2,1H3/t15-/m1/s1. The first kappa shape index (κ1) is 18.9. The number of pyridine rings is 1. The molecule has 0 bridgehead atoms. The van der Waals surface area contributed by atoms with E-state index >= 15 is 0 Å². The summed E-state index contributed by atoms with van der Waals surface area (Å²) in [6.07, 6.45) is 0.793. The summed E-state index contributed by atoms with van der Waals surface area (Å²) in [5.74, 6) is 0.215. The second-order valence-electron chi connectivity index (χ2n) is 5.93. The number of rotatable bonds is 6. The Morgan fingerprint density at radius 1 is 1.15 bits per heavy atom. The van der Waals surface area contributed by atoms with Crippen LogP contribution < -0.4 is 9.64 Å². The largest absolute Gasteiger partial charge is 0.479 e. The fourth-order valence-corrected chi connectivity index (χ4v) is 2.78. The minimum Gasteiger partial charge on any atom is -0.479 e. The third-order valence-corrected chi connectivity index (χ3v) is 4.22. The van der Waals surface area contributed by atoms with E-state index in [2.05, 4.69) is 4.98 Å². The summed E-state index contributed by atoms with van der Waals surface area (Å²) in [5.41, 5.74) is 0.652. The number of carbonyl (C=O) groups excluding carboxylic acids is 1. The van der Waals surface area contributed by atoms with E-state index in [1.807, 2.05) is 0 Å². The van der Waals surface area contributed by atoms with Gasteiger partial charge in [-0.05, 0) is 48.9 Å². The number of anilines is 1. The highest BCUT2D eigenvalue weighted by Crippen LogP contribution is 2.25. The molecule has 0 saturated carbocycles. The fraction of sp³-hybridized carbons (Fsp3) is 0.143. The number of benzene rings is 2. The van der Waals surface area contributed by atoms with Gasteiger partial charge in [-0.15, -0.1) is 0 Å². The molecule has 1 amide bonds. The Balaban J connectivity index is 1.85. The molecule has 0 aliphatic rings. The molecule has 1 heterocycles. The molecular weight excluding hydrogens is 367 g/mol. The number of ether oxygens (including phenoxy) is 1. The summed E-state index contributed by atoms with van der Waals surface area (Å²) >= 11 is 6.11. The second kappa shape index (κ2) is 8.64. The lowest BCUT2D eigenvalue weighted by Gasteiger charge is -2.25. The molecule has 2 aromatic carbocycles. The lowest BCUT2D eigenvalue weighted by atomic mass is 10.2. The van der Waals surface area contributed by atoms with Crippen LogP contribution in [0.4, 0.5) is 10.2 Å². The Labute approximate surface area is 162 Å². The van der Waals surface area contributed by atoms with Crippen LogP contribution in [0.2, 0.25) is 5.02 Å².